The van der Waals surface area contributed by atoms with Gasteiger partial charge in [0.2, 0.25) is 15.9 Å². The number of piperazine rings is 1. The largest absolute Gasteiger partial charge is 0.465 e. The van der Waals surface area contributed by atoms with E-state index in [0.717, 1.165) is 5.56 Å². The first-order chi connectivity index (χ1) is 12.5. The number of hydrogen-bond donors (Lipinski definition) is 0. The number of rotatable bonds is 5. The lowest BCUT2D eigenvalue weighted by molar-refractivity contribution is -0.127. The Morgan fingerprint density at radius 2 is 1.69 bits per heavy atom. The van der Waals surface area contributed by atoms with Gasteiger partial charge in [0.1, 0.15) is 5.76 Å². The summed E-state index contributed by atoms with van der Waals surface area (Å²) in [6.07, 6.45) is 6.17. The van der Waals surface area contributed by atoms with Crippen LogP contribution in [0.25, 0.3) is 12.2 Å². The van der Waals surface area contributed by atoms with E-state index in [4.69, 9.17) is 4.42 Å². The van der Waals surface area contributed by atoms with Crippen LogP contribution in [0.3, 0.4) is 0 Å². The smallest absolute Gasteiger partial charge is 0.246 e. The lowest BCUT2D eigenvalue weighted by Crippen LogP contribution is -2.49. The molecule has 2 aromatic rings. The fraction of sp³-hybridized carbons (Fsp3) is 0.211. The van der Waals surface area contributed by atoms with Gasteiger partial charge in [0.15, 0.2) is 0 Å². The number of nitrogens with zero attached hydrogens (tertiary/aromatic N) is 2. The summed E-state index contributed by atoms with van der Waals surface area (Å²) in [5.41, 5.74) is 0.827. The minimum atomic E-state index is -3.50. The molecule has 26 heavy (non-hydrogen) atoms. The quantitative estimate of drug-likeness (QED) is 0.756. The molecule has 0 aliphatic carbocycles. The average Bonchev–Trinajstić information content (AvgIpc) is 3.19. The van der Waals surface area contributed by atoms with Crippen LogP contribution in [0.4, 0.5) is 0 Å². The van der Waals surface area contributed by atoms with Crippen molar-refractivity contribution >= 4 is 28.1 Å². The molecule has 0 unspecified atom stereocenters. The van der Waals surface area contributed by atoms with E-state index in [0.29, 0.717) is 18.8 Å². The van der Waals surface area contributed by atoms with E-state index in [1.807, 2.05) is 30.3 Å². The zero-order valence-electron chi connectivity index (χ0n) is 14.2. The molecule has 1 saturated heterocycles. The van der Waals surface area contributed by atoms with Crippen molar-refractivity contribution < 1.29 is 17.6 Å². The molecule has 0 saturated carbocycles. The predicted octanol–water partition coefficient (Wildman–Crippen LogP) is 2.44. The summed E-state index contributed by atoms with van der Waals surface area (Å²) in [4.78, 5) is 13.8. The van der Waals surface area contributed by atoms with Crippen LogP contribution in [-0.4, -0.2) is 49.7 Å². The SMILES string of the molecule is O=C(/C=C/c1ccco1)N1CCN(S(=O)(=O)/C=C\c2ccccc2)CC1. The first-order valence-electron chi connectivity index (χ1n) is 8.28. The monoisotopic (exact) mass is 372 g/mol. The maximum absolute atomic E-state index is 12.4. The van der Waals surface area contributed by atoms with Crippen LogP contribution in [0.1, 0.15) is 11.3 Å². The van der Waals surface area contributed by atoms with Crippen LogP contribution in [0.2, 0.25) is 0 Å². The summed E-state index contributed by atoms with van der Waals surface area (Å²) in [5.74, 6) is 0.448. The van der Waals surface area contributed by atoms with Crippen molar-refractivity contribution in [1.82, 2.24) is 9.21 Å². The second kappa shape index (κ2) is 8.16. The summed E-state index contributed by atoms with van der Waals surface area (Å²) in [6.45, 7) is 1.28. The highest BCUT2D eigenvalue weighted by Gasteiger charge is 2.26. The second-order valence-corrected chi connectivity index (χ2v) is 7.65. The molecule has 2 heterocycles. The van der Waals surface area contributed by atoms with Gasteiger partial charge in [-0.25, -0.2) is 8.42 Å². The average molecular weight is 372 g/mol. The number of amides is 1. The Morgan fingerprint density at radius 1 is 0.962 bits per heavy atom. The Balaban J connectivity index is 1.55. The molecule has 7 heteroatoms. The standard InChI is InChI=1S/C19H20N2O4S/c22-19(9-8-18-7-4-15-25-18)20-11-13-21(14-12-20)26(23,24)16-10-17-5-2-1-3-6-17/h1-10,15-16H,11-14H2/b9-8+,16-10-. The highest BCUT2D eigenvalue weighted by Crippen LogP contribution is 2.12. The predicted molar refractivity (Wildman–Crippen MR) is 100 cm³/mol. The molecule has 3 rings (SSSR count). The maximum Gasteiger partial charge on any atom is 0.246 e. The molecule has 6 nitrogen and oxygen atoms in total. The van der Waals surface area contributed by atoms with E-state index < -0.39 is 10.0 Å². The first kappa shape index (κ1) is 18.2. The molecule has 0 radical (unpaired) electrons. The van der Waals surface area contributed by atoms with Gasteiger partial charge in [0.05, 0.1) is 6.26 Å². The normalized spacial score (nSPS) is 16.5. The van der Waals surface area contributed by atoms with E-state index in [1.54, 1.807) is 29.2 Å². The van der Waals surface area contributed by atoms with Crippen molar-refractivity contribution in [2.75, 3.05) is 26.2 Å². The molecule has 1 aliphatic rings. The lowest BCUT2D eigenvalue weighted by atomic mass is 10.2. The highest BCUT2D eigenvalue weighted by atomic mass is 32.2. The van der Waals surface area contributed by atoms with Crippen LogP contribution in [0.15, 0.2) is 64.6 Å². The fourth-order valence-electron chi connectivity index (χ4n) is 2.62. The minimum Gasteiger partial charge on any atom is -0.465 e. The Bertz CT molecular complexity index is 879. The van der Waals surface area contributed by atoms with E-state index >= 15 is 0 Å². The molecule has 1 aromatic carbocycles. The van der Waals surface area contributed by atoms with Gasteiger partial charge in [-0.2, -0.15) is 4.31 Å². The summed E-state index contributed by atoms with van der Waals surface area (Å²) < 4.78 is 31.4. The van der Waals surface area contributed by atoms with Crippen LogP contribution in [0.5, 0.6) is 0 Å². The molecule has 0 N–H and O–H groups in total. The molecule has 136 valence electrons. The number of hydrogen-bond acceptors (Lipinski definition) is 4. The summed E-state index contributed by atoms with van der Waals surface area (Å²) in [7, 11) is -3.50. The molecule has 1 aromatic heterocycles. The topological polar surface area (TPSA) is 70.8 Å². The summed E-state index contributed by atoms with van der Waals surface area (Å²) >= 11 is 0. The van der Waals surface area contributed by atoms with Crippen molar-refractivity contribution in [3.05, 3.63) is 71.5 Å². The van der Waals surface area contributed by atoms with Gasteiger partial charge >= 0.3 is 0 Å². The first-order valence-corrected chi connectivity index (χ1v) is 9.79. The van der Waals surface area contributed by atoms with E-state index in [1.165, 1.54) is 22.1 Å². The number of carbonyl (C=O) groups excluding carboxylic acids is 1. The van der Waals surface area contributed by atoms with Gasteiger partial charge in [0.25, 0.3) is 0 Å². The third-order valence-corrected chi connectivity index (χ3v) is 5.64. The molecule has 0 spiro atoms. The number of sulfonamides is 1. The Kier molecular flexibility index (Phi) is 5.70. The lowest BCUT2D eigenvalue weighted by Gasteiger charge is -2.32. The van der Waals surface area contributed by atoms with Gasteiger partial charge in [-0.3, -0.25) is 4.79 Å². The van der Waals surface area contributed by atoms with Gasteiger partial charge < -0.3 is 9.32 Å². The Labute approximate surface area is 153 Å². The van der Waals surface area contributed by atoms with Crippen LogP contribution in [0, 0.1) is 0 Å². The summed E-state index contributed by atoms with van der Waals surface area (Å²) in [6, 6.07) is 12.8. The fourth-order valence-corrected chi connectivity index (χ4v) is 3.80. The van der Waals surface area contributed by atoms with E-state index in [2.05, 4.69) is 0 Å². The number of carbonyl (C=O) groups is 1. The zero-order chi connectivity index (χ0) is 18.4. The third kappa shape index (κ3) is 4.71. The third-order valence-electron chi connectivity index (χ3n) is 4.08. The van der Waals surface area contributed by atoms with Gasteiger partial charge in [-0.1, -0.05) is 30.3 Å². The van der Waals surface area contributed by atoms with Crippen LogP contribution >= 0.6 is 0 Å². The zero-order valence-corrected chi connectivity index (χ0v) is 15.0. The molecule has 1 aliphatic heterocycles. The molecular formula is C19H20N2O4S. The molecule has 0 bridgehead atoms. The van der Waals surface area contributed by atoms with Crippen molar-refractivity contribution in [3.8, 4) is 0 Å². The van der Waals surface area contributed by atoms with E-state index in [-0.39, 0.29) is 19.0 Å². The van der Waals surface area contributed by atoms with Crippen LogP contribution in [-0.2, 0) is 14.8 Å². The number of furan rings is 1. The Morgan fingerprint density at radius 3 is 2.35 bits per heavy atom. The van der Waals surface area contributed by atoms with Gasteiger partial charge in [-0.15, -0.1) is 0 Å². The van der Waals surface area contributed by atoms with Gasteiger partial charge in [-0.05, 0) is 29.8 Å². The molecular weight excluding hydrogens is 352 g/mol. The molecule has 1 fully saturated rings. The van der Waals surface area contributed by atoms with Crippen molar-refractivity contribution in [3.63, 3.8) is 0 Å². The van der Waals surface area contributed by atoms with Gasteiger partial charge in [0, 0.05) is 37.7 Å². The Hall–Kier alpha value is -2.64. The van der Waals surface area contributed by atoms with Crippen molar-refractivity contribution in [2.24, 2.45) is 0 Å². The molecule has 1 amide bonds. The number of benzene rings is 1. The van der Waals surface area contributed by atoms with Crippen molar-refractivity contribution in [2.45, 2.75) is 0 Å². The minimum absolute atomic E-state index is 0.154. The summed E-state index contributed by atoms with van der Waals surface area (Å²) in [5, 5.41) is 1.22. The van der Waals surface area contributed by atoms with Crippen molar-refractivity contribution in [1.29, 1.82) is 0 Å². The second-order valence-electron chi connectivity index (χ2n) is 5.83. The van der Waals surface area contributed by atoms with E-state index in [9.17, 15) is 13.2 Å². The highest BCUT2D eigenvalue weighted by molar-refractivity contribution is 7.92. The molecule has 0 atom stereocenters. The van der Waals surface area contributed by atoms with Crippen LogP contribution < -0.4 is 0 Å². The maximum atomic E-state index is 12.4.